The first-order valence-corrected chi connectivity index (χ1v) is 4.46. The lowest BCUT2D eigenvalue weighted by atomic mass is 9.94. The van der Waals surface area contributed by atoms with Crippen LogP contribution in [0.15, 0.2) is 35.5 Å². The van der Waals surface area contributed by atoms with E-state index < -0.39 is 0 Å². The highest BCUT2D eigenvalue weighted by molar-refractivity contribution is 5.31. The fourth-order valence-corrected chi connectivity index (χ4v) is 1.11. The van der Waals surface area contributed by atoms with Crippen LogP contribution in [0.5, 0.6) is 0 Å². The Hall–Kier alpha value is -0.780. The van der Waals surface area contributed by atoms with Crippen molar-refractivity contribution in [1.82, 2.24) is 0 Å². The maximum absolute atomic E-state index is 3.94. The maximum atomic E-state index is 3.94. The molecule has 0 heterocycles. The van der Waals surface area contributed by atoms with E-state index in [0.29, 0.717) is 5.92 Å². The predicted molar refractivity (Wildman–Crippen MR) is 57.2 cm³/mol. The second-order valence-electron chi connectivity index (χ2n) is 3.40. The summed E-state index contributed by atoms with van der Waals surface area (Å²) < 4.78 is 0. The molecule has 0 heteroatoms. The zero-order valence-electron chi connectivity index (χ0n) is 8.94. The minimum absolute atomic E-state index is 0.534. The van der Waals surface area contributed by atoms with Crippen molar-refractivity contribution in [2.45, 2.75) is 34.6 Å². The maximum Gasteiger partial charge on any atom is -0.00487 e. The van der Waals surface area contributed by atoms with Gasteiger partial charge in [-0.25, -0.2) is 0 Å². The van der Waals surface area contributed by atoms with Crippen molar-refractivity contribution >= 4 is 0 Å². The van der Waals surface area contributed by atoms with Crippen LogP contribution in [0.4, 0.5) is 0 Å². The molecule has 1 unspecified atom stereocenters. The lowest BCUT2D eigenvalue weighted by Gasteiger charge is -2.11. The third kappa shape index (κ3) is 3.08. The SMILES string of the molecule is C=C(C)/C(C)=C(\C)C(C)C=CC. The summed E-state index contributed by atoms with van der Waals surface area (Å²) in [6.07, 6.45) is 4.31. The molecule has 12 heavy (non-hydrogen) atoms. The molecule has 0 saturated carbocycles. The van der Waals surface area contributed by atoms with Gasteiger partial charge in [0.1, 0.15) is 0 Å². The van der Waals surface area contributed by atoms with Gasteiger partial charge in [0.05, 0.1) is 0 Å². The van der Waals surface area contributed by atoms with Gasteiger partial charge in [-0.1, -0.05) is 36.8 Å². The van der Waals surface area contributed by atoms with E-state index >= 15 is 0 Å². The quantitative estimate of drug-likeness (QED) is 0.435. The van der Waals surface area contributed by atoms with Crippen molar-refractivity contribution in [2.24, 2.45) is 5.92 Å². The number of hydrogen-bond acceptors (Lipinski definition) is 0. The minimum Gasteiger partial charge on any atom is -0.0959 e. The van der Waals surface area contributed by atoms with E-state index in [4.69, 9.17) is 0 Å². The highest BCUT2D eigenvalue weighted by Gasteiger charge is 2.03. The first-order chi connectivity index (χ1) is 5.50. The van der Waals surface area contributed by atoms with Crippen LogP contribution in [0.1, 0.15) is 34.6 Å². The van der Waals surface area contributed by atoms with E-state index in [1.807, 2.05) is 0 Å². The number of rotatable bonds is 3. The summed E-state index contributed by atoms with van der Waals surface area (Å²) in [5.74, 6) is 0.534. The molecule has 0 radical (unpaired) electrons. The molecule has 0 amide bonds. The van der Waals surface area contributed by atoms with Gasteiger partial charge in [-0.15, -0.1) is 0 Å². The van der Waals surface area contributed by atoms with Gasteiger partial charge in [0.2, 0.25) is 0 Å². The first kappa shape index (κ1) is 11.2. The first-order valence-electron chi connectivity index (χ1n) is 4.46. The standard InChI is InChI=1S/C12H20/c1-7-8-10(4)12(6)11(5)9(2)3/h7-8,10H,2H2,1,3-6H3/b8-7?,12-11+. The summed E-state index contributed by atoms with van der Waals surface area (Å²) in [5, 5.41) is 0. The van der Waals surface area contributed by atoms with Crippen LogP contribution in [0.2, 0.25) is 0 Å². The molecule has 0 rings (SSSR count). The largest absolute Gasteiger partial charge is 0.0959 e. The molecular formula is C12H20. The molecule has 0 nitrogen and oxygen atoms in total. The van der Waals surface area contributed by atoms with Crippen LogP contribution in [0.25, 0.3) is 0 Å². The van der Waals surface area contributed by atoms with Gasteiger partial charge in [0.15, 0.2) is 0 Å². The Kier molecular flexibility index (Phi) is 4.65. The average Bonchev–Trinajstić information content (AvgIpc) is 2.02. The van der Waals surface area contributed by atoms with Gasteiger partial charge in [0, 0.05) is 0 Å². The zero-order chi connectivity index (χ0) is 9.72. The van der Waals surface area contributed by atoms with E-state index in [2.05, 4.69) is 53.3 Å². The van der Waals surface area contributed by atoms with Crippen molar-refractivity contribution < 1.29 is 0 Å². The lowest BCUT2D eigenvalue weighted by molar-refractivity contribution is 0.845. The molecule has 0 saturated heterocycles. The lowest BCUT2D eigenvalue weighted by Crippen LogP contribution is -1.95. The van der Waals surface area contributed by atoms with Crippen molar-refractivity contribution in [3.8, 4) is 0 Å². The number of hydrogen-bond donors (Lipinski definition) is 0. The molecule has 0 N–H and O–H groups in total. The molecule has 0 bridgehead atoms. The zero-order valence-corrected chi connectivity index (χ0v) is 8.94. The predicted octanol–water partition coefficient (Wildman–Crippen LogP) is 4.11. The molecule has 0 aliphatic carbocycles. The summed E-state index contributed by atoms with van der Waals surface area (Å²) in [5.41, 5.74) is 3.92. The van der Waals surface area contributed by atoms with Crippen molar-refractivity contribution in [3.63, 3.8) is 0 Å². The Morgan fingerprint density at radius 1 is 1.25 bits per heavy atom. The number of allylic oxidation sites excluding steroid dienone is 5. The van der Waals surface area contributed by atoms with E-state index in [0.717, 1.165) is 0 Å². The highest BCUT2D eigenvalue weighted by Crippen LogP contribution is 2.19. The minimum atomic E-state index is 0.534. The summed E-state index contributed by atoms with van der Waals surface area (Å²) in [4.78, 5) is 0. The van der Waals surface area contributed by atoms with E-state index in [-0.39, 0.29) is 0 Å². The second-order valence-corrected chi connectivity index (χ2v) is 3.40. The Morgan fingerprint density at radius 2 is 1.75 bits per heavy atom. The topological polar surface area (TPSA) is 0 Å². The monoisotopic (exact) mass is 164 g/mol. The van der Waals surface area contributed by atoms with Gasteiger partial charge in [-0.3, -0.25) is 0 Å². The molecule has 1 atom stereocenters. The normalized spacial score (nSPS) is 16.1. The van der Waals surface area contributed by atoms with Gasteiger partial charge in [0.25, 0.3) is 0 Å². The van der Waals surface area contributed by atoms with Gasteiger partial charge >= 0.3 is 0 Å². The fourth-order valence-electron chi connectivity index (χ4n) is 1.11. The van der Waals surface area contributed by atoms with Crippen LogP contribution in [0, 0.1) is 5.92 Å². The summed E-state index contributed by atoms with van der Waals surface area (Å²) >= 11 is 0. The van der Waals surface area contributed by atoms with Crippen molar-refractivity contribution in [2.75, 3.05) is 0 Å². The molecule has 0 aromatic rings. The van der Waals surface area contributed by atoms with Crippen LogP contribution < -0.4 is 0 Å². The van der Waals surface area contributed by atoms with Crippen LogP contribution in [-0.4, -0.2) is 0 Å². The molecule has 0 aromatic carbocycles. The highest BCUT2D eigenvalue weighted by atomic mass is 14.1. The molecular weight excluding hydrogens is 144 g/mol. The summed E-state index contributed by atoms with van der Waals surface area (Å²) in [6.45, 7) is 14.6. The Balaban J connectivity index is 4.65. The third-order valence-electron chi connectivity index (χ3n) is 2.40. The Morgan fingerprint density at radius 3 is 2.08 bits per heavy atom. The van der Waals surface area contributed by atoms with Gasteiger partial charge in [-0.05, 0) is 39.2 Å². The van der Waals surface area contributed by atoms with Crippen molar-refractivity contribution in [1.29, 1.82) is 0 Å². The van der Waals surface area contributed by atoms with Crippen LogP contribution in [0.3, 0.4) is 0 Å². The Labute approximate surface area is 76.7 Å². The summed E-state index contributed by atoms with van der Waals surface area (Å²) in [6, 6.07) is 0. The molecule has 0 spiro atoms. The Bertz CT molecular complexity index is 216. The van der Waals surface area contributed by atoms with Crippen LogP contribution >= 0.6 is 0 Å². The fraction of sp³-hybridized carbons (Fsp3) is 0.500. The third-order valence-corrected chi connectivity index (χ3v) is 2.40. The molecule has 0 aliphatic rings. The average molecular weight is 164 g/mol. The molecule has 0 aliphatic heterocycles. The van der Waals surface area contributed by atoms with E-state index in [1.54, 1.807) is 0 Å². The van der Waals surface area contributed by atoms with Gasteiger partial charge in [-0.2, -0.15) is 0 Å². The van der Waals surface area contributed by atoms with E-state index in [9.17, 15) is 0 Å². The smallest absolute Gasteiger partial charge is 0.00487 e. The summed E-state index contributed by atoms with van der Waals surface area (Å²) in [7, 11) is 0. The van der Waals surface area contributed by atoms with Crippen LogP contribution in [-0.2, 0) is 0 Å². The van der Waals surface area contributed by atoms with Gasteiger partial charge < -0.3 is 0 Å². The second kappa shape index (κ2) is 4.97. The van der Waals surface area contributed by atoms with E-state index in [1.165, 1.54) is 16.7 Å². The molecule has 0 aromatic heterocycles. The molecule has 0 fully saturated rings. The van der Waals surface area contributed by atoms with Crippen molar-refractivity contribution in [3.05, 3.63) is 35.5 Å². The molecule has 68 valence electrons.